The second kappa shape index (κ2) is 11.9. The minimum atomic E-state index is -0.0923. The Morgan fingerprint density at radius 2 is 1.77 bits per heavy atom. The van der Waals surface area contributed by atoms with Crippen LogP contribution in [-0.4, -0.2) is 98.6 Å². The molecule has 43 heavy (non-hydrogen) atoms. The zero-order valence-electron chi connectivity index (χ0n) is 23.5. The van der Waals surface area contributed by atoms with E-state index in [9.17, 15) is 9.59 Å². The summed E-state index contributed by atoms with van der Waals surface area (Å²) in [5.41, 5.74) is 3.82. The van der Waals surface area contributed by atoms with Crippen LogP contribution >= 0.6 is 11.3 Å². The summed E-state index contributed by atoms with van der Waals surface area (Å²) < 4.78 is 0. The average molecular weight is 594 g/mol. The largest absolute Gasteiger partial charge is 0.368 e. The van der Waals surface area contributed by atoms with Gasteiger partial charge in [0.1, 0.15) is 10.5 Å². The van der Waals surface area contributed by atoms with Gasteiger partial charge in [0.05, 0.1) is 11.4 Å². The lowest BCUT2D eigenvalue weighted by molar-refractivity contribution is -0.132. The van der Waals surface area contributed by atoms with E-state index in [0.717, 1.165) is 58.8 Å². The molecule has 218 valence electrons. The highest BCUT2D eigenvalue weighted by atomic mass is 32.1. The maximum atomic E-state index is 13.1. The van der Waals surface area contributed by atoms with E-state index in [1.54, 1.807) is 24.8 Å². The molecular weight excluding hydrogens is 562 g/mol. The van der Waals surface area contributed by atoms with Crippen molar-refractivity contribution < 1.29 is 9.59 Å². The number of aromatic nitrogens is 5. The molecule has 2 N–H and O–H groups in total. The topological polar surface area (TPSA) is 123 Å². The Morgan fingerprint density at radius 3 is 2.53 bits per heavy atom. The third kappa shape index (κ3) is 5.84. The van der Waals surface area contributed by atoms with Crippen molar-refractivity contribution in [1.82, 2.24) is 40.3 Å². The van der Waals surface area contributed by atoms with Gasteiger partial charge in [0, 0.05) is 92.3 Å². The molecule has 0 spiro atoms. The number of likely N-dealkylation sites (tertiary alicyclic amines) is 1. The summed E-state index contributed by atoms with van der Waals surface area (Å²) in [5, 5.41) is 11.5. The number of pyridine rings is 1. The number of amides is 2. The first-order chi connectivity index (χ1) is 21.1. The van der Waals surface area contributed by atoms with E-state index in [-0.39, 0.29) is 17.9 Å². The molecule has 2 fully saturated rings. The number of hydrogen-bond acceptors (Lipinski definition) is 9. The van der Waals surface area contributed by atoms with Crippen molar-refractivity contribution in [2.24, 2.45) is 0 Å². The van der Waals surface area contributed by atoms with Gasteiger partial charge >= 0.3 is 0 Å². The summed E-state index contributed by atoms with van der Waals surface area (Å²) in [5.74, 6) is 0.766. The predicted molar refractivity (Wildman–Crippen MR) is 166 cm³/mol. The van der Waals surface area contributed by atoms with E-state index >= 15 is 0 Å². The Labute approximate surface area is 252 Å². The van der Waals surface area contributed by atoms with Gasteiger partial charge in [-0.05, 0) is 55.0 Å². The number of nitrogens with zero attached hydrogens (tertiary/aromatic N) is 7. The van der Waals surface area contributed by atoms with Gasteiger partial charge in [0.25, 0.3) is 5.91 Å². The van der Waals surface area contributed by atoms with Crippen molar-refractivity contribution in [1.29, 1.82) is 0 Å². The van der Waals surface area contributed by atoms with Crippen LogP contribution in [0.2, 0.25) is 0 Å². The second-order valence-corrected chi connectivity index (χ2v) is 11.9. The molecule has 2 amide bonds. The van der Waals surface area contributed by atoms with Gasteiger partial charge in [0.15, 0.2) is 5.82 Å². The van der Waals surface area contributed by atoms with Crippen LogP contribution in [0.4, 0.5) is 5.69 Å². The molecule has 2 saturated heterocycles. The number of anilines is 1. The van der Waals surface area contributed by atoms with Gasteiger partial charge in [-0.15, -0.1) is 11.3 Å². The van der Waals surface area contributed by atoms with Gasteiger partial charge in [-0.3, -0.25) is 24.6 Å². The molecule has 6 heterocycles. The molecule has 0 unspecified atom stereocenters. The molecule has 0 bridgehead atoms. The van der Waals surface area contributed by atoms with Crippen LogP contribution in [0.5, 0.6) is 0 Å². The predicted octanol–water partition coefficient (Wildman–Crippen LogP) is 3.30. The number of carbonyl (C=O) groups excluding carboxylic acids is 2. The molecule has 2 aliphatic rings. The minimum absolute atomic E-state index is 0.0118. The van der Waals surface area contributed by atoms with Crippen molar-refractivity contribution in [3.05, 3.63) is 78.2 Å². The van der Waals surface area contributed by atoms with Crippen molar-refractivity contribution in [3.8, 4) is 22.6 Å². The van der Waals surface area contributed by atoms with E-state index in [4.69, 9.17) is 0 Å². The third-order valence-corrected chi connectivity index (χ3v) is 9.11. The van der Waals surface area contributed by atoms with Gasteiger partial charge < -0.3 is 15.1 Å². The molecule has 7 rings (SSSR count). The average Bonchev–Trinajstić information content (AvgIpc) is 3.79. The molecule has 1 atom stereocenters. The van der Waals surface area contributed by atoms with Crippen LogP contribution in [0.15, 0.2) is 73.3 Å². The highest BCUT2D eigenvalue weighted by Crippen LogP contribution is 2.32. The number of nitrogens with one attached hydrogen (secondary N) is 2. The zero-order valence-corrected chi connectivity index (χ0v) is 24.3. The number of aromatic amines is 1. The molecule has 0 radical (unpaired) electrons. The first kappa shape index (κ1) is 27.2. The quantitative estimate of drug-likeness (QED) is 0.295. The van der Waals surface area contributed by atoms with Crippen LogP contribution in [0, 0.1) is 0 Å². The summed E-state index contributed by atoms with van der Waals surface area (Å²) in [6, 6.07) is 15.8. The number of piperazine rings is 1. The maximum Gasteiger partial charge on any atom is 0.261 e. The molecule has 12 heteroatoms. The number of benzene rings is 1. The Morgan fingerprint density at radius 1 is 0.953 bits per heavy atom. The van der Waals surface area contributed by atoms with Gasteiger partial charge in [-0.1, -0.05) is 0 Å². The second-order valence-electron chi connectivity index (χ2n) is 10.8. The fourth-order valence-corrected chi connectivity index (χ4v) is 6.68. The van der Waals surface area contributed by atoms with E-state index in [1.165, 1.54) is 11.3 Å². The van der Waals surface area contributed by atoms with Crippen LogP contribution in [-0.2, 0) is 4.79 Å². The highest BCUT2D eigenvalue weighted by molar-refractivity contribution is 7.20. The molecule has 2 aliphatic heterocycles. The number of H-pyrrole nitrogens is 1. The van der Waals surface area contributed by atoms with E-state index in [1.807, 2.05) is 41.3 Å². The maximum absolute atomic E-state index is 13.1. The normalized spacial score (nSPS) is 17.4. The number of hydrogen-bond donors (Lipinski definition) is 2. The van der Waals surface area contributed by atoms with Crippen molar-refractivity contribution in [2.75, 3.05) is 50.7 Å². The lowest BCUT2D eigenvalue weighted by atomic mass is 10.1. The summed E-state index contributed by atoms with van der Waals surface area (Å²) in [6.07, 6.45) is 7.80. The Bertz CT molecular complexity index is 1710. The standard InChI is InChI=1S/C31H31N9O2S/c41-27(40-15-13-39(14-16-40)24-6-4-21(5-7-24)29-33-10-2-11-34-29)20-38-12-8-23(19-38)35-30(42)26-17-25-28(36-37-31(25)43-26)22-3-1-9-32-18-22/h1-7,9-11,17-18,23H,8,12-16,19-20H2,(H,35,42)(H,36,37)/t23-/m0/s1. The van der Waals surface area contributed by atoms with Gasteiger partial charge in [-0.25, -0.2) is 9.97 Å². The van der Waals surface area contributed by atoms with E-state index < -0.39 is 0 Å². The minimum Gasteiger partial charge on any atom is -0.368 e. The molecular formula is C31H31N9O2S. The van der Waals surface area contributed by atoms with Crippen molar-refractivity contribution >= 4 is 39.1 Å². The summed E-state index contributed by atoms with van der Waals surface area (Å²) in [6.45, 7) is 4.79. The van der Waals surface area contributed by atoms with Gasteiger partial charge in [0.2, 0.25) is 5.91 Å². The SMILES string of the molecule is O=C(N[C@H]1CCN(CC(=O)N2CCN(c3ccc(-c4ncccn4)cc3)CC2)C1)c1cc2c(-c3cccnc3)n[nH]c2s1. The number of carbonyl (C=O) groups is 2. The lowest BCUT2D eigenvalue weighted by Crippen LogP contribution is -2.51. The van der Waals surface area contributed by atoms with E-state index in [2.05, 4.69) is 52.4 Å². The summed E-state index contributed by atoms with van der Waals surface area (Å²) >= 11 is 1.40. The summed E-state index contributed by atoms with van der Waals surface area (Å²) in [4.78, 5) is 46.9. The fourth-order valence-electron chi connectivity index (χ4n) is 5.78. The Hall–Kier alpha value is -4.68. The van der Waals surface area contributed by atoms with Crippen LogP contribution in [0.1, 0.15) is 16.1 Å². The Kier molecular flexibility index (Phi) is 7.52. The molecule has 0 saturated carbocycles. The van der Waals surface area contributed by atoms with Gasteiger partial charge in [-0.2, -0.15) is 5.10 Å². The number of rotatable bonds is 7. The lowest BCUT2D eigenvalue weighted by Gasteiger charge is -2.36. The smallest absolute Gasteiger partial charge is 0.261 e. The molecule has 4 aromatic heterocycles. The third-order valence-electron chi connectivity index (χ3n) is 8.07. The highest BCUT2D eigenvalue weighted by Gasteiger charge is 2.29. The van der Waals surface area contributed by atoms with E-state index in [0.29, 0.717) is 36.9 Å². The van der Waals surface area contributed by atoms with Crippen LogP contribution < -0.4 is 10.2 Å². The summed E-state index contributed by atoms with van der Waals surface area (Å²) in [7, 11) is 0. The zero-order chi connectivity index (χ0) is 29.2. The molecule has 11 nitrogen and oxygen atoms in total. The van der Waals surface area contributed by atoms with Crippen LogP contribution in [0.3, 0.4) is 0 Å². The Balaban J connectivity index is 0.885. The first-order valence-electron chi connectivity index (χ1n) is 14.4. The molecule has 5 aromatic rings. The number of fused-ring (bicyclic) bond motifs is 1. The van der Waals surface area contributed by atoms with Crippen molar-refractivity contribution in [3.63, 3.8) is 0 Å². The van der Waals surface area contributed by atoms with Crippen molar-refractivity contribution in [2.45, 2.75) is 12.5 Å². The first-order valence-corrected chi connectivity index (χ1v) is 15.2. The monoisotopic (exact) mass is 593 g/mol. The number of thiophene rings is 1. The van der Waals surface area contributed by atoms with Crippen LogP contribution in [0.25, 0.3) is 32.9 Å². The fraction of sp³-hybridized carbons (Fsp3) is 0.290. The molecule has 0 aliphatic carbocycles. The molecule has 1 aromatic carbocycles.